The maximum atomic E-state index is 4.41. The van der Waals surface area contributed by atoms with Gasteiger partial charge in [-0.3, -0.25) is 5.10 Å². The van der Waals surface area contributed by atoms with Crippen molar-refractivity contribution in [1.82, 2.24) is 24.8 Å². The fourth-order valence-corrected chi connectivity index (χ4v) is 2.37. The molecule has 3 aromatic rings. The Morgan fingerprint density at radius 3 is 3.10 bits per heavy atom. The van der Waals surface area contributed by atoms with E-state index in [-0.39, 0.29) is 0 Å². The molecular weight excluding hydrogens is 320 g/mol. The molecule has 3 aromatic heterocycles. The normalized spacial score (nSPS) is 11.1. The largest absolute Gasteiger partial charge is 0.353 e. The topological polar surface area (TPSA) is 70.9 Å². The molecule has 0 aliphatic carbocycles. The monoisotopic (exact) mass is 334 g/mol. The molecular formula is C13H15BrN6. The van der Waals surface area contributed by atoms with Crippen LogP contribution in [0, 0.1) is 6.92 Å². The predicted molar refractivity (Wildman–Crippen MR) is 80.8 cm³/mol. The van der Waals surface area contributed by atoms with Crippen LogP contribution in [0.4, 0.5) is 5.95 Å². The highest BCUT2D eigenvalue weighted by atomic mass is 79.9. The summed E-state index contributed by atoms with van der Waals surface area (Å²) in [5.74, 6) is 0.659. The van der Waals surface area contributed by atoms with Crippen molar-refractivity contribution in [2.24, 2.45) is 0 Å². The van der Waals surface area contributed by atoms with E-state index in [4.69, 9.17) is 0 Å². The van der Waals surface area contributed by atoms with Crippen molar-refractivity contribution >= 4 is 27.5 Å². The minimum atomic E-state index is 0.659. The third kappa shape index (κ3) is 2.82. The second-order valence-corrected chi connectivity index (χ2v) is 5.55. The maximum absolute atomic E-state index is 4.41. The Balaban J connectivity index is 1.56. The summed E-state index contributed by atoms with van der Waals surface area (Å²) in [7, 11) is 0. The summed E-state index contributed by atoms with van der Waals surface area (Å²) in [6.07, 6.45) is 5.78. The van der Waals surface area contributed by atoms with Gasteiger partial charge in [0.1, 0.15) is 0 Å². The number of nitrogens with zero attached hydrogens (tertiary/aromatic N) is 4. The van der Waals surface area contributed by atoms with Gasteiger partial charge in [0.2, 0.25) is 5.95 Å². The minimum Gasteiger partial charge on any atom is -0.353 e. The van der Waals surface area contributed by atoms with Gasteiger partial charge in [0.25, 0.3) is 0 Å². The molecule has 3 heterocycles. The third-order valence-corrected chi connectivity index (χ3v) is 3.60. The fraction of sp³-hybridized carbons (Fsp3) is 0.308. The molecule has 0 saturated heterocycles. The van der Waals surface area contributed by atoms with Crippen LogP contribution in [0.1, 0.15) is 17.7 Å². The van der Waals surface area contributed by atoms with Gasteiger partial charge in [-0.15, -0.1) is 5.10 Å². The van der Waals surface area contributed by atoms with Crippen LogP contribution in [0.15, 0.2) is 29.0 Å². The van der Waals surface area contributed by atoms with E-state index in [1.165, 1.54) is 5.56 Å². The van der Waals surface area contributed by atoms with E-state index in [0.29, 0.717) is 5.95 Å². The Morgan fingerprint density at radius 2 is 2.30 bits per heavy atom. The molecule has 0 aliphatic rings. The van der Waals surface area contributed by atoms with Crippen molar-refractivity contribution in [2.75, 3.05) is 11.9 Å². The first-order valence-corrected chi connectivity index (χ1v) is 7.26. The Morgan fingerprint density at radius 1 is 1.40 bits per heavy atom. The van der Waals surface area contributed by atoms with E-state index in [9.17, 15) is 0 Å². The average Bonchev–Trinajstić information content (AvgIpc) is 3.00. The highest BCUT2D eigenvalue weighted by Crippen LogP contribution is 2.12. The molecule has 0 bridgehead atoms. The van der Waals surface area contributed by atoms with Gasteiger partial charge in [0.05, 0.1) is 6.20 Å². The van der Waals surface area contributed by atoms with Crippen molar-refractivity contribution in [3.8, 4) is 0 Å². The summed E-state index contributed by atoms with van der Waals surface area (Å²) in [4.78, 5) is 4.41. The van der Waals surface area contributed by atoms with Gasteiger partial charge in [0, 0.05) is 22.9 Å². The molecule has 0 amide bonds. The zero-order valence-corrected chi connectivity index (χ0v) is 12.7. The summed E-state index contributed by atoms with van der Waals surface area (Å²) in [6, 6.07) is 3.88. The van der Waals surface area contributed by atoms with Crippen LogP contribution in [-0.2, 0) is 6.42 Å². The number of aromatic amines is 1. The highest BCUT2D eigenvalue weighted by Gasteiger charge is 2.04. The zero-order valence-electron chi connectivity index (χ0n) is 11.1. The van der Waals surface area contributed by atoms with Crippen LogP contribution in [0.5, 0.6) is 0 Å². The molecule has 0 atom stereocenters. The van der Waals surface area contributed by atoms with Crippen LogP contribution in [0.3, 0.4) is 0 Å². The Labute approximate surface area is 124 Å². The Bertz CT molecular complexity index is 717. The summed E-state index contributed by atoms with van der Waals surface area (Å²) in [5, 5.41) is 14.6. The summed E-state index contributed by atoms with van der Waals surface area (Å²) in [5.41, 5.74) is 3.24. The fourth-order valence-electron chi connectivity index (χ4n) is 2.04. The van der Waals surface area contributed by atoms with Crippen LogP contribution in [0.25, 0.3) is 5.65 Å². The number of pyridine rings is 1. The lowest BCUT2D eigenvalue weighted by Crippen LogP contribution is -2.04. The van der Waals surface area contributed by atoms with Gasteiger partial charge < -0.3 is 5.32 Å². The molecule has 0 unspecified atom stereocenters. The zero-order chi connectivity index (χ0) is 13.9. The smallest absolute Gasteiger partial charge is 0.243 e. The van der Waals surface area contributed by atoms with Crippen LogP contribution in [0.2, 0.25) is 0 Å². The number of halogens is 1. The average molecular weight is 335 g/mol. The van der Waals surface area contributed by atoms with Crippen LogP contribution < -0.4 is 5.32 Å². The maximum Gasteiger partial charge on any atom is 0.243 e. The van der Waals surface area contributed by atoms with Gasteiger partial charge in [-0.1, -0.05) is 0 Å². The first-order valence-electron chi connectivity index (χ1n) is 6.47. The van der Waals surface area contributed by atoms with Crippen LogP contribution in [-0.4, -0.2) is 31.3 Å². The summed E-state index contributed by atoms with van der Waals surface area (Å²) < 4.78 is 2.74. The molecule has 104 valence electrons. The van der Waals surface area contributed by atoms with Gasteiger partial charge >= 0.3 is 0 Å². The Kier molecular flexibility index (Phi) is 3.68. The lowest BCUT2D eigenvalue weighted by atomic mass is 10.1. The predicted octanol–water partition coefficient (Wildman–Crippen LogP) is 2.57. The SMILES string of the molecule is Cc1[nH]ncc1CCCNc1nc2ccc(Br)cn2n1. The lowest BCUT2D eigenvalue weighted by Gasteiger charge is -2.01. The number of rotatable bonds is 5. The summed E-state index contributed by atoms with van der Waals surface area (Å²) in [6.45, 7) is 2.87. The number of H-pyrrole nitrogens is 1. The molecule has 0 spiro atoms. The van der Waals surface area contributed by atoms with Crippen LogP contribution >= 0.6 is 15.9 Å². The molecule has 0 saturated carbocycles. The van der Waals surface area contributed by atoms with Gasteiger partial charge in [-0.25, -0.2) is 4.52 Å². The van der Waals surface area contributed by atoms with E-state index in [1.807, 2.05) is 31.5 Å². The molecule has 0 aliphatic heterocycles. The van der Waals surface area contributed by atoms with E-state index in [2.05, 4.69) is 41.5 Å². The van der Waals surface area contributed by atoms with Crippen molar-refractivity contribution in [1.29, 1.82) is 0 Å². The van der Waals surface area contributed by atoms with E-state index < -0.39 is 0 Å². The third-order valence-electron chi connectivity index (χ3n) is 3.14. The molecule has 20 heavy (non-hydrogen) atoms. The second-order valence-electron chi connectivity index (χ2n) is 4.64. The van der Waals surface area contributed by atoms with Crippen molar-refractivity contribution < 1.29 is 0 Å². The molecule has 0 fully saturated rings. The van der Waals surface area contributed by atoms with Crippen molar-refractivity contribution in [3.63, 3.8) is 0 Å². The number of fused-ring (bicyclic) bond motifs is 1. The van der Waals surface area contributed by atoms with Gasteiger partial charge in [-0.05, 0) is 53.4 Å². The number of anilines is 1. The molecule has 0 aromatic carbocycles. The lowest BCUT2D eigenvalue weighted by molar-refractivity contribution is 0.844. The molecule has 2 N–H and O–H groups in total. The van der Waals surface area contributed by atoms with E-state index in [0.717, 1.165) is 35.2 Å². The summed E-state index contributed by atoms with van der Waals surface area (Å²) >= 11 is 3.42. The quantitative estimate of drug-likeness (QED) is 0.703. The molecule has 6 nitrogen and oxygen atoms in total. The first kappa shape index (κ1) is 13.1. The number of hydrogen-bond donors (Lipinski definition) is 2. The second kappa shape index (κ2) is 5.62. The van der Waals surface area contributed by atoms with Gasteiger partial charge in [0.15, 0.2) is 5.65 Å². The standard InChI is InChI=1S/C13H15BrN6/c1-9-10(7-16-18-9)3-2-6-15-13-17-12-5-4-11(14)8-20(12)19-13/h4-5,7-8H,2-3,6H2,1H3,(H,15,19)(H,16,18). The number of aromatic nitrogens is 5. The van der Waals surface area contributed by atoms with Crippen molar-refractivity contribution in [3.05, 3.63) is 40.3 Å². The first-order chi connectivity index (χ1) is 9.72. The molecule has 0 radical (unpaired) electrons. The van der Waals surface area contributed by atoms with Gasteiger partial charge in [-0.2, -0.15) is 10.1 Å². The number of aryl methyl sites for hydroxylation is 2. The molecule has 3 rings (SSSR count). The minimum absolute atomic E-state index is 0.659. The number of nitrogens with one attached hydrogen (secondary N) is 2. The number of hydrogen-bond acceptors (Lipinski definition) is 4. The highest BCUT2D eigenvalue weighted by molar-refractivity contribution is 9.10. The van der Waals surface area contributed by atoms with E-state index in [1.54, 1.807) is 4.52 Å². The van der Waals surface area contributed by atoms with E-state index >= 15 is 0 Å². The van der Waals surface area contributed by atoms with Crippen molar-refractivity contribution in [2.45, 2.75) is 19.8 Å². The Hall–Kier alpha value is -1.89. The molecule has 7 heteroatoms.